The minimum atomic E-state index is -0.205. The number of methoxy groups -OCH3 is 1. The van der Waals surface area contributed by atoms with E-state index in [0.717, 1.165) is 12.8 Å². The van der Waals surface area contributed by atoms with Crippen molar-refractivity contribution in [2.75, 3.05) is 33.4 Å². The van der Waals surface area contributed by atoms with Gasteiger partial charge in [-0.15, -0.1) is 0 Å². The summed E-state index contributed by atoms with van der Waals surface area (Å²) in [5.74, 6) is -0.205. The van der Waals surface area contributed by atoms with E-state index >= 15 is 0 Å². The van der Waals surface area contributed by atoms with E-state index in [4.69, 9.17) is 4.74 Å². The fourth-order valence-electron chi connectivity index (χ4n) is 1.81. The number of amides is 2. The number of hydrogen-bond acceptors (Lipinski definition) is 4. The van der Waals surface area contributed by atoms with E-state index in [-0.39, 0.29) is 18.1 Å². The summed E-state index contributed by atoms with van der Waals surface area (Å²) in [6.45, 7) is 4.40. The molecule has 6 nitrogen and oxygen atoms in total. The Balaban J connectivity index is 2.08. The van der Waals surface area contributed by atoms with Crippen LogP contribution in [0.3, 0.4) is 0 Å². The SMILES string of the molecule is COC(=O)CCCCNC(=O)N1CCOC(C)C1. The van der Waals surface area contributed by atoms with Gasteiger partial charge in [-0.1, -0.05) is 0 Å². The van der Waals surface area contributed by atoms with Gasteiger partial charge in [0.1, 0.15) is 0 Å². The first-order valence-electron chi connectivity index (χ1n) is 6.34. The van der Waals surface area contributed by atoms with Gasteiger partial charge in [0, 0.05) is 26.1 Å². The second-order valence-corrected chi connectivity index (χ2v) is 4.39. The zero-order valence-corrected chi connectivity index (χ0v) is 11.1. The van der Waals surface area contributed by atoms with Crippen molar-refractivity contribution in [2.45, 2.75) is 32.3 Å². The number of nitrogens with zero attached hydrogens (tertiary/aromatic N) is 1. The molecule has 1 aliphatic rings. The first kappa shape index (κ1) is 14.8. The summed E-state index contributed by atoms with van der Waals surface area (Å²) in [6.07, 6.45) is 2.01. The molecular formula is C12H22N2O4. The maximum atomic E-state index is 11.8. The lowest BCUT2D eigenvalue weighted by Crippen LogP contribution is -2.49. The molecule has 0 saturated carbocycles. The Hall–Kier alpha value is -1.30. The van der Waals surface area contributed by atoms with Crippen LogP contribution in [0.25, 0.3) is 0 Å². The van der Waals surface area contributed by atoms with Crippen molar-refractivity contribution in [2.24, 2.45) is 0 Å². The molecule has 1 atom stereocenters. The van der Waals surface area contributed by atoms with Crippen molar-refractivity contribution in [3.05, 3.63) is 0 Å². The van der Waals surface area contributed by atoms with Crippen LogP contribution in [-0.4, -0.2) is 56.4 Å². The molecule has 1 aliphatic heterocycles. The third-order valence-corrected chi connectivity index (χ3v) is 2.84. The highest BCUT2D eigenvalue weighted by Gasteiger charge is 2.20. The predicted molar refractivity (Wildman–Crippen MR) is 66.3 cm³/mol. The number of esters is 1. The largest absolute Gasteiger partial charge is 0.469 e. The number of ether oxygens (including phenoxy) is 2. The number of nitrogens with one attached hydrogen (secondary N) is 1. The van der Waals surface area contributed by atoms with Crippen LogP contribution in [0, 0.1) is 0 Å². The lowest BCUT2D eigenvalue weighted by molar-refractivity contribution is -0.140. The molecule has 0 aromatic rings. The minimum absolute atomic E-state index is 0.0526. The van der Waals surface area contributed by atoms with Crippen LogP contribution in [0.2, 0.25) is 0 Å². The summed E-state index contributed by atoms with van der Waals surface area (Å²) in [7, 11) is 1.38. The lowest BCUT2D eigenvalue weighted by Gasteiger charge is -2.31. The Kier molecular flexibility index (Phi) is 6.49. The molecule has 1 heterocycles. The van der Waals surface area contributed by atoms with Crippen molar-refractivity contribution in [1.29, 1.82) is 0 Å². The Bertz CT molecular complexity index is 283. The van der Waals surface area contributed by atoms with Crippen LogP contribution in [-0.2, 0) is 14.3 Å². The highest BCUT2D eigenvalue weighted by Crippen LogP contribution is 2.04. The summed E-state index contributed by atoms with van der Waals surface area (Å²) in [5.41, 5.74) is 0. The maximum Gasteiger partial charge on any atom is 0.317 e. The number of urea groups is 1. The van der Waals surface area contributed by atoms with Crippen LogP contribution in [0.15, 0.2) is 0 Å². The van der Waals surface area contributed by atoms with E-state index in [1.165, 1.54) is 7.11 Å². The molecule has 0 radical (unpaired) electrons. The maximum absolute atomic E-state index is 11.8. The van der Waals surface area contributed by atoms with Gasteiger partial charge in [-0.3, -0.25) is 4.79 Å². The summed E-state index contributed by atoms with van der Waals surface area (Å²) in [5, 5.41) is 2.84. The number of morpholine rings is 1. The van der Waals surface area contributed by atoms with Gasteiger partial charge >= 0.3 is 12.0 Å². The van der Waals surface area contributed by atoms with Gasteiger partial charge in [0.25, 0.3) is 0 Å². The third-order valence-electron chi connectivity index (χ3n) is 2.84. The lowest BCUT2D eigenvalue weighted by atomic mass is 10.2. The van der Waals surface area contributed by atoms with Gasteiger partial charge in [0.15, 0.2) is 0 Å². The Morgan fingerprint density at radius 2 is 2.22 bits per heavy atom. The average molecular weight is 258 g/mol. The minimum Gasteiger partial charge on any atom is -0.469 e. The Morgan fingerprint density at radius 3 is 2.89 bits per heavy atom. The Morgan fingerprint density at radius 1 is 1.44 bits per heavy atom. The normalized spacial score (nSPS) is 19.4. The molecule has 2 amide bonds. The monoisotopic (exact) mass is 258 g/mol. The smallest absolute Gasteiger partial charge is 0.317 e. The standard InChI is InChI=1S/C12H22N2O4/c1-10-9-14(7-8-18-10)12(16)13-6-4-3-5-11(15)17-2/h10H,3-9H2,1-2H3,(H,13,16). The molecule has 1 saturated heterocycles. The van der Waals surface area contributed by atoms with Crippen molar-refractivity contribution in [1.82, 2.24) is 10.2 Å². The zero-order valence-electron chi connectivity index (χ0n) is 11.1. The highest BCUT2D eigenvalue weighted by molar-refractivity contribution is 5.74. The van der Waals surface area contributed by atoms with Gasteiger partial charge < -0.3 is 19.7 Å². The molecule has 6 heteroatoms. The van der Waals surface area contributed by atoms with Gasteiger partial charge in [-0.25, -0.2) is 4.79 Å². The first-order valence-corrected chi connectivity index (χ1v) is 6.34. The van der Waals surface area contributed by atoms with Crippen molar-refractivity contribution >= 4 is 12.0 Å². The molecule has 0 spiro atoms. The zero-order chi connectivity index (χ0) is 13.4. The summed E-state index contributed by atoms with van der Waals surface area (Å²) in [4.78, 5) is 24.4. The highest BCUT2D eigenvalue weighted by atomic mass is 16.5. The second kappa shape index (κ2) is 7.92. The fraction of sp³-hybridized carbons (Fsp3) is 0.833. The molecule has 1 N–H and O–H groups in total. The second-order valence-electron chi connectivity index (χ2n) is 4.39. The first-order chi connectivity index (χ1) is 8.63. The fourth-order valence-corrected chi connectivity index (χ4v) is 1.81. The molecular weight excluding hydrogens is 236 g/mol. The molecule has 0 aliphatic carbocycles. The number of unbranched alkanes of at least 4 members (excludes halogenated alkanes) is 1. The molecule has 1 fully saturated rings. The quantitative estimate of drug-likeness (QED) is 0.584. The Labute approximate surface area is 108 Å². The average Bonchev–Trinajstić information content (AvgIpc) is 2.37. The van der Waals surface area contributed by atoms with Gasteiger partial charge in [-0.2, -0.15) is 0 Å². The molecule has 0 aromatic heterocycles. The molecule has 104 valence electrons. The number of carbonyl (C=O) groups is 2. The van der Waals surface area contributed by atoms with Gasteiger partial charge in [-0.05, 0) is 19.8 Å². The van der Waals surface area contributed by atoms with E-state index in [9.17, 15) is 9.59 Å². The van der Waals surface area contributed by atoms with Gasteiger partial charge in [0.05, 0.1) is 19.8 Å². The molecule has 0 bridgehead atoms. The molecule has 1 unspecified atom stereocenters. The summed E-state index contributed by atoms with van der Waals surface area (Å²) < 4.78 is 9.90. The van der Waals surface area contributed by atoms with E-state index in [2.05, 4.69) is 10.1 Å². The van der Waals surface area contributed by atoms with E-state index in [1.54, 1.807) is 4.90 Å². The van der Waals surface area contributed by atoms with E-state index < -0.39 is 0 Å². The van der Waals surface area contributed by atoms with E-state index in [0.29, 0.717) is 32.7 Å². The van der Waals surface area contributed by atoms with E-state index in [1.807, 2.05) is 6.92 Å². The van der Waals surface area contributed by atoms with Crippen LogP contribution < -0.4 is 5.32 Å². The summed E-state index contributed by atoms with van der Waals surface area (Å²) >= 11 is 0. The van der Waals surface area contributed by atoms with Crippen molar-refractivity contribution < 1.29 is 19.1 Å². The van der Waals surface area contributed by atoms with Crippen LogP contribution in [0.5, 0.6) is 0 Å². The van der Waals surface area contributed by atoms with Crippen LogP contribution in [0.4, 0.5) is 4.79 Å². The third kappa shape index (κ3) is 5.35. The van der Waals surface area contributed by atoms with Crippen molar-refractivity contribution in [3.63, 3.8) is 0 Å². The predicted octanol–water partition coefficient (Wildman–Crippen LogP) is 0.760. The van der Waals surface area contributed by atoms with Gasteiger partial charge in [0.2, 0.25) is 0 Å². The van der Waals surface area contributed by atoms with Crippen LogP contribution >= 0.6 is 0 Å². The summed E-state index contributed by atoms with van der Waals surface area (Å²) in [6, 6.07) is -0.0526. The number of hydrogen-bond donors (Lipinski definition) is 1. The van der Waals surface area contributed by atoms with Crippen LogP contribution in [0.1, 0.15) is 26.2 Å². The molecule has 0 aromatic carbocycles. The topological polar surface area (TPSA) is 67.9 Å². The molecule has 1 rings (SSSR count). The van der Waals surface area contributed by atoms with Crippen molar-refractivity contribution in [3.8, 4) is 0 Å². The number of rotatable bonds is 5. The molecule has 18 heavy (non-hydrogen) atoms. The number of carbonyl (C=O) groups excluding carboxylic acids is 2.